The van der Waals surface area contributed by atoms with Gasteiger partial charge in [0.1, 0.15) is 0 Å². The standard InChI is InChI=1S/C8H10.C7H16/c1-7-3-5-8(2)6-4-7;1-3-5-7-6-4-2/h3-6H,1-2H3;3-7H2,1-2H3. The highest BCUT2D eigenvalue weighted by Crippen LogP contribution is 2.00. The number of hydrogen-bond acceptors (Lipinski definition) is 0. The molecule has 86 valence electrons. The van der Waals surface area contributed by atoms with Gasteiger partial charge in [-0.05, 0) is 13.8 Å². The molecule has 0 aliphatic carbocycles. The van der Waals surface area contributed by atoms with Gasteiger partial charge >= 0.3 is 0 Å². The lowest BCUT2D eigenvalue weighted by atomic mass is 10.2. The third-order valence-electron chi connectivity index (χ3n) is 2.43. The molecular weight excluding hydrogens is 180 g/mol. The molecule has 0 heteroatoms. The van der Waals surface area contributed by atoms with Gasteiger partial charge < -0.3 is 0 Å². The maximum atomic E-state index is 2.25. The van der Waals surface area contributed by atoms with E-state index in [1.54, 1.807) is 0 Å². The van der Waals surface area contributed by atoms with E-state index >= 15 is 0 Å². The van der Waals surface area contributed by atoms with Crippen molar-refractivity contribution in [1.82, 2.24) is 0 Å². The second-order valence-electron chi connectivity index (χ2n) is 4.22. The van der Waals surface area contributed by atoms with Crippen molar-refractivity contribution in [2.24, 2.45) is 0 Å². The Balaban J connectivity index is 0.000000265. The molecule has 0 saturated heterocycles. The summed E-state index contributed by atoms with van der Waals surface area (Å²) in [6, 6.07) is 8.48. The largest absolute Gasteiger partial charge is 0.0654 e. The lowest BCUT2D eigenvalue weighted by Gasteiger charge is -1.90. The van der Waals surface area contributed by atoms with Gasteiger partial charge in [-0.25, -0.2) is 0 Å². The van der Waals surface area contributed by atoms with Gasteiger partial charge in [0.25, 0.3) is 0 Å². The van der Waals surface area contributed by atoms with Crippen LogP contribution in [0.2, 0.25) is 0 Å². The van der Waals surface area contributed by atoms with Crippen LogP contribution in [-0.2, 0) is 0 Å². The van der Waals surface area contributed by atoms with Crippen molar-refractivity contribution in [2.45, 2.75) is 59.8 Å². The molecule has 0 N–H and O–H groups in total. The third kappa shape index (κ3) is 9.52. The van der Waals surface area contributed by atoms with Crippen LogP contribution in [0.3, 0.4) is 0 Å². The highest BCUT2D eigenvalue weighted by Gasteiger charge is 1.80. The van der Waals surface area contributed by atoms with Crippen molar-refractivity contribution in [3.05, 3.63) is 35.4 Å². The zero-order valence-corrected chi connectivity index (χ0v) is 10.8. The molecule has 0 spiro atoms. The van der Waals surface area contributed by atoms with Crippen LogP contribution in [0.1, 0.15) is 57.1 Å². The Kier molecular flexibility index (Phi) is 9.26. The molecule has 0 heterocycles. The minimum Gasteiger partial charge on any atom is -0.0654 e. The molecule has 0 bridgehead atoms. The van der Waals surface area contributed by atoms with E-state index < -0.39 is 0 Å². The maximum absolute atomic E-state index is 2.25. The van der Waals surface area contributed by atoms with Crippen LogP contribution >= 0.6 is 0 Å². The van der Waals surface area contributed by atoms with Crippen LogP contribution in [-0.4, -0.2) is 0 Å². The van der Waals surface area contributed by atoms with E-state index in [0.29, 0.717) is 0 Å². The molecular formula is C15H26. The highest BCUT2D eigenvalue weighted by atomic mass is 13.9. The van der Waals surface area contributed by atoms with Crippen molar-refractivity contribution < 1.29 is 0 Å². The number of aryl methyl sites for hydroxylation is 2. The van der Waals surface area contributed by atoms with Crippen LogP contribution in [0.25, 0.3) is 0 Å². The fourth-order valence-corrected chi connectivity index (χ4v) is 1.31. The Morgan fingerprint density at radius 2 is 1.00 bits per heavy atom. The SMILES string of the molecule is CCCCCCC.Cc1ccc(C)cc1. The van der Waals surface area contributed by atoms with Gasteiger partial charge in [0.15, 0.2) is 0 Å². The van der Waals surface area contributed by atoms with Crippen LogP contribution < -0.4 is 0 Å². The molecule has 0 radical (unpaired) electrons. The fraction of sp³-hybridized carbons (Fsp3) is 0.600. The van der Waals surface area contributed by atoms with Crippen molar-refractivity contribution in [3.63, 3.8) is 0 Å². The zero-order valence-electron chi connectivity index (χ0n) is 10.8. The number of hydrogen-bond donors (Lipinski definition) is 0. The quantitative estimate of drug-likeness (QED) is 0.588. The second-order valence-corrected chi connectivity index (χ2v) is 4.22. The van der Waals surface area contributed by atoms with Crippen molar-refractivity contribution in [1.29, 1.82) is 0 Å². The maximum Gasteiger partial charge on any atom is -0.0398 e. The topological polar surface area (TPSA) is 0 Å². The Morgan fingerprint density at radius 1 is 0.667 bits per heavy atom. The van der Waals surface area contributed by atoms with Crippen molar-refractivity contribution >= 4 is 0 Å². The lowest BCUT2D eigenvalue weighted by molar-refractivity contribution is 0.656. The Morgan fingerprint density at radius 3 is 1.27 bits per heavy atom. The first-order valence-electron chi connectivity index (χ1n) is 6.24. The Labute approximate surface area is 95.7 Å². The molecule has 1 rings (SSSR count). The van der Waals surface area contributed by atoms with Gasteiger partial charge in [0.05, 0.1) is 0 Å². The summed E-state index contributed by atoms with van der Waals surface area (Å²) in [5.74, 6) is 0. The van der Waals surface area contributed by atoms with Gasteiger partial charge in [-0.3, -0.25) is 0 Å². The van der Waals surface area contributed by atoms with Gasteiger partial charge in [-0.2, -0.15) is 0 Å². The van der Waals surface area contributed by atoms with Crippen molar-refractivity contribution in [2.75, 3.05) is 0 Å². The van der Waals surface area contributed by atoms with Crippen molar-refractivity contribution in [3.8, 4) is 0 Å². The smallest absolute Gasteiger partial charge is 0.0398 e. The third-order valence-corrected chi connectivity index (χ3v) is 2.43. The van der Waals surface area contributed by atoms with Crippen LogP contribution in [0.4, 0.5) is 0 Å². The predicted octanol–water partition coefficient (Wildman–Crippen LogP) is 5.28. The predicted molar refractivity (Wildman–Crippen MR) is 70.3 cm³/mol. The van der Waals surface area contributed by atoms with E-state index in [-0.39, 0.29) is 0 Å². The summed E-state index contributed by atoms with van der Waals surface area (Å²) in [6.07, 6.45) is 7.01. The summed E-state index contributed by atoms with van der Waals surface area (Å²) in [7, 11) is 0. The van der Waals surface area contributed by atoms with E-state index in [9.17, 15) is 0 Å². The second kappa shape index (κ2) is 9.76. The molecule has 15 heavy (non-hydrogen) atoms. The van der Waals surface area contributed by atoms with E-state index in [4.69, 9.17) is 0 Å². The first-order chi connectivity index (χ1) is 7.20. The van der Waals surface area contributed by atoms with Crippen LogP contribution in [0.15, 0.2) is 24.3 Å². The molecule has 1 aromatic carbocycles. The summed E-state index contributed by atoms with van der Waals surface area (Å²) >= 11 is 0. The molecule has 0 saturated carbocycles. The summed E-state index contributed by atoms with van der Waals surface area (Å²) in [4.78, 5) is 0. The molecule has 0 aliphatic rings. The number of rotatable bonds is 4. The molecule has 0 amide bonds. The molecule has 1 aromatic rings. The average Bonchev–Trinajstić information content (AvgIpc) is 2.24. The first-order valence-corrected chi connectivity index (χ1v) is 6.24. The molecule has 0 unspecified atom stereocenters. The number of benzene rings is 1. The van der Waals surface area contributed by atoms with Crippen LogP contribution in [0, 0.1) is 13.8 Å². The molecule has 0 atom stereocenters. The van der Waals surface area contributed by atoms with Crippen LogP contribution in [0.5, 0.6) is 0 Å². The van der Waals surface area contributed by atoms with Gasteiger partial charge in [-0.15, -0.1) is 0 Å². The van der Waals surface area contributed by atoms with Gasteiger partial charge in [-0.1, -0.05) is 81.3 Å². The van der Waals surface area contributed by atoms with E-state index in [1.165, 1.54) is 43.2 Å². The fourth-order valence-electron chi connectivity index (χ4n) is 1.31. The summed E-state index contributed by atoms with van der Waals surface area (Å²) in [5, 5.41) is 0. The molecule has 0 aromatic heterocycles. The molecule has 0 nitrogen and oxygen atoms in total. The summed E-state index contributed by atoms with van der Waals surface area (Å²) in [6.45, 7) is 8.68. The Bertz CT molecular complexity index is 195. The summed E-state index contributed by atoms with van der Waals surface area (Å²) in [5.41, 5.74) is 2.66. The van der Waals surface area contributed by atoms with Gasteiger partial charge in [0.2, 0.25) is 0 Å². The summed E-state index contributed by atoms with van der Waals surface area (Å²) < 4.78 is 0. The zero-order chi connectivity index (χ0) is 11.5. The Hall–Kier alpha value is -0.780. The molecule has 0 aliphatic heterocycles. The normalized spacial score (nSPS) is 9.33. The average molecular weight is 206 g/mol. The highest BCUT2D eigenvalue weighted by molar-refractivity contribution is 5.19. The van der Waals surface area contributed by atoms with Gasteiger partial charge in [0, 0.05) is 0 Å². The number of unbranched alkanes of at least 4 members (excludes halogenated alkanes) is 4. The van der Waals surface area contributed by atoms with E-state index in [2.05, 4.69) is 52.0 Å². The minimum absolute atomic E-state index is 1.33. The van der Waals surface area contributed by atoms with E-state index in [0.717, 1.165) is 0 Å². The minimum atomic E-state index is 1.33. The monoisotopic (exact) mass is 206 g/mol. The van der Waals surface area contributed by atoms with E-state index in [1.807, 2.05) is 0 Å². The lowest BCUT2D eigenvalue weighted by Crippen LogP contribution is -1.70. The molecule has 0 fully saturated rings. The first kappa shape index (κ1) is 14.2.